The molecule has 0 aliphatic carbocycles. The van der Waals surface area contributed by atoms with E-state index in [1.54, 1.807) is 54.6 Å². The zero-order valence-electron chi connectivity index (χ0n) is 11.9. The molecule has 0 unspecified atom stereocenters. The molecule has 22 heavy (non-hydrogen) atoms. The van der Waals surface area contributed by atoms with Crippen LogP contribution in [-0.4, -0.2) is 23.8 Å². The van der Waals surface area contributed by atoms with Crippen LogP contribution in [0.25, 0.3) is 0 Å². The molecule has 2 aromatic carbocycles. The van der Waals surface area contributed by atoms with E-state index in [1.807, 2.05) is 0 Å². The molecule has 0 radical (unpaired) electrons. The van der Waals surface area contributed by atoms with Gasteiger partial charge >= 0.3 is 0 Å². The normalized spacial score (nSPS) is 10.4. The molecule has 0 saturated heterocycles. The molecule has 0 aliphatic heterocycles. The van der Waals surface area contributed by atoms with E-state index in [2.05, 4.69) is 17.1 Å². The van der Waals surface area contributed by atoms with Crippen LogP contribution < -0.4 is 10.2 Å². The second-order valence-electron chi connectivity index (χ2n) is 4.41. The van der Waals surface area contributed by atoms with E-state index in [4.69, 9.17) is 9.84 Å². The SMILES string of the molecule is C=CCOc1ccc(C(=O)NN=Cc2ccc(O)cc2)cc1. The van der Waals surface area contributed by atoms with Crippen molar-refractivity contribution in [2.75, 3.05) is 6.61 Å². The summed E-state index contributed by atoms with van der Waals surface area (Å²) >= 11 is 0. The zero-order valence-corrected chi connectivity index (χ0v) is 11.9. The van der Waals surface area contributed by atoms with E-state index in [1.165, 1.54) is 6.21 Å². The Labute approximate surface area is 128 Å². The number of aromatic hydroxyl groups is 1. The van der Waals surface area contributed by atoms with Crippen LogP contribution in [0, 0.1) is 0 Å². The van der Waals surface area contributed by atoms with Crippen molar-refractivity contribution in [3.63, 3.8) is 0 Å². The molecule has 112 valence electrons. The molecular weight excluding hydrogens is 280 g/mol. The highest BCUT2D eigenvalue weighted by Crippen LogP contribution is 2.12. The maximum Gasteiger partial charge on any atom is 0.271 e. The van der Waals surface area contributed by atoms with Crippen molar-refractivity contribution in [1.82, 2.24) is 5.43 Å². The zero-order chi connectivity index (χ0) is 15.8. The van der Waals surface area contributed by atoms with Gasteiger partial charge in [0.05, 0.1) is 6.21 Å². The van der Waals surface area contributed by atoms with Gasteiger partial charge in [-0.05, 0) is 54.1 Å². The lowest BCUT2D eigenvalue weighted by atomic mass is 10.2. The number of hydrogen-bond acceptors (Lipinski definition) is 4. The molecule has 0 saturated carbocycles. The fourth-order valence-corrected chi connectivity index (χ4v) is 1.65. The van der Waals surface area contributed by atoms with Gasteiger partial charge in [0.1, 0.15) is 18.1 Å². The molecule has 1 amide bonds. The Hall–Kier alpha value is -3.08. The summed E-state index contributed by atoms with van der Waals surface area (Å²) in [6, 6.07) is 13.2. The van der Waals surface area contributed by atoms with Crippen LogP contribution in [0.2, 0.25) is 0 Å². The van der Waals surface area contributed by atoms with Crippen molar-refractivity contribution in [3.8, 4) is 11.5 Å². The summed E-state index contributed by atoms with van der Waals surface area (Å²) in [6.45, 7) is 3.99. The van der Waals surface area contributed by atoms with Crippen molar-refractivity contribution in [2.24, 2.45) is 5.10 Å². The molecule has 0 spiro atoms. The van der Waals surface area contributed by atoms with Gasteiger partial charge in [-0.3, -0.25) is 4.79 Å². The predicted molar refractivity (Wildman–Crippen MR) is 85.3 cm³/mol. The van der Waals surface area contributed by atoms with Gasteiger partial charge in [-0.2, -0.15) is 5.10 Å². The molecule has 0 aromatic heterocycles. The molecule has 0 heterocycles. The molecule has 2 rings (SSSR count). The van der Waals surface area contributed by atoms with Crippen molar-refractivity contribution in [3.05, 3.63) is 72.3 Å². The summed E-state index contributed by atoms with van der Waals surface area (Å²) in [5.41, 5.74) is 3.69. The minimum Gasteiger partial charge on any atom is -0.508 e. The van der Waals surface area contributed by atoms with Gasteiger partial charge in [0.2, 0.25) is 0 Å². The monoisotopic (exact) mass is 296 g/mol. The Kier molecular flexibility index (Phi) is 5.31. The van der Waals surface area contributed by atoms with Crippen molar-refractivity contribution >= 4 is 12.1 Å². The van der Waals surface area contributed by atoms with E-state index in [0.717, 1.165) is 5.56 Å². The second kappa shape index (κ2) is 7.64. The van der Waals surface area contributed by atoms with E-state index in [9.17, 15) is 4.79 Å². The van der Waals surface area contributed by atoms with E-state index >= 15 is 0 Å². The highest BCUT2D eigenvalue weighted by molar-refractivity contribution is 5.95. The number of hydrogen-bond donors (Lipinski definition) is 2. The largest absolute Gasteiger partial charge is 0.508 e. The average molecular weight is 296 g/mol. The number of rotatable bonds is 6. The van der Waals surface area contributed by atoms with Crippen LogP contribution in [0.3, 0.4) is 0 Å². The molecule has 2 N–H and O–H groups in total. The number of phenols is 1. The molecule has 5 heteroatoms. The molecule has 2 aromatic rings. The molecule has 0 aliphatic rings. The highest BCUT2D eigenvalue weighted by Gasteiger charge is 2.04. The Morgan fingerprint density at radius 2 is 1.86 bits per heavy atom. The van der Waals surface area contributed by atoms with Gasteiger partial charge in [0, 0.05) is 5.56 Å². The van der Waals surface area contributed by atoms with E-state index in [0.29, 0.717) is 17.9 Å². The van der Waals surface area contributed by atoms with Crippen LogP contribution in [0.4, 0.5) is 0 Å². The van der Waals surface area contributed by atoms with Crippen molar-refractivity contribution in [1.29, 1.82) is 0 Å². The Morgan fingerprint density at radius 3 is 2.50 bits per heavy atom. The maximum absolute atomic E-state index is 11.9. The quantitative estimate of drug-likeness (QED) is 0.489. The second-order valence-corrected chi connectivity index (χ2v) is 4.41. The fraction of sp³-hybridized carbons (Fsp3) is 0.0588. The Bertz CT molecular complexity index is 661. The minimum absolute atomic E-state index is 0.181. The minimum atomic E-state index is -0.315. The van der Waals surface area contributed by atoms with Gasteiger partial charge in [-0.15, -0.1) is 0 Å². The van der Waals surface area contributed by atoms with Crippen molar-refractivity contribution in [2.45, 2.75) is 0 Å². The molecule has 0 atom stereocenters. The fourth-order valence-electron chi connectivity index (χ4n) is 1.65. The lowest BCUT2D eigenvalue weighted by molar-refractivity contribution is 0.0955. The van der Waals surface area contributed by atoms with Gasteiger partial charge in [-0.1, -0.05) is 12.7 Å². The molecular formula is C17H16N2O3. The summed E-state index contributed by atoms with van der Waals surface area (Å²) in [7, 11) is 0. The highest BCUT2D eigenvalue weighted by atomic mass is 16.5. The standard InChI is InChI=1S/C17H16N2O3/c1-2-11-22-16-9-5-14(6-10-16)17(21)19-18-12-13-3-7-15(20)8-4-13/h2-10,12,20H,1,11H2,(H,19,21). The summed E-state index contributed by atoms with van der Waals surface area (Å²) < 4.78 is 5.34. The number of carbonyl (C=O) groups is 1. The first kappa shape index (κ1) is 15.3. The third-order valence-corrected chi connectivity index (χ3v) is 2.76. The van der Waals surface area contributed by atoms with Crippen LogP contribution in [-0.2, 0) is 0 Å². The first-order valence-electron chi connectivity index (χ1n) is 6.65. The van der Waals surface area contributed by atoms with Crippen LogP contribution in [0.1, 0.15) is 15.9 Å². The average Bonchev–Trinajstić information content (AvgIpc) is 2.55. The molecule has 5 nitrogen and oxygen atoms in total. The number of phenolic OH excluding ortho intramolecular Hbond substituents is 1. The van der Waals surface area contributed by atoms with Gasteiger partial charge < -0.3 is 9.84 Å². The first-order valence-corrected chi connectivity index (χ1v) is 6.65. The lowest BCUT2D eigenvalue weighted by Gasteiger charge is -2.04. The summed E-state index contributed by atoms with van der Waals surface area (Å²) in [5, 5.41) is 13.0. The van der Waals surface area contributed by atoms with E-state index in [-0.39, 0.29) is 11.7 Å². The number of ether oxygens (including phenoxy) is 1. The van der Waals surface area contributed by atoms with Gasteiger partial charge in [0.25, 0.3) is 5.91 Å². The van der Waals surface area contributed by atoms with Crippen LogP contribution in [0.5, 0.6) is 11.5 Å². The Balaban J connectivity index is 1.91. The third-order valence-electron chi connectivity index (χ3n) is 2.76. The Morgan fingerprint density at radius 1 is 1.18 bits per heavy atom. The number of nitrogens with one attached hydrogen (secondary N) is 1. The number of carbonyl (C=O) groups excluding carboxylic acids is 1. The van der Waals surface area contributed by atoms with Gasteiger partial charge in [-0.25, -0.2) is 5.43 Å². The number of hydrazone groups is 1. The maximum atomic E-state index is 11.9. The smallest absolute Gasteiger partial charge is 0.271 e. The summed E-state index contributed by atoms with van der Waals surface area (Å²) in [5.74, 6) is 0.536. The van der Waals surface area contributed by atoms with Crippen molar-refractivity contribution < 1.29 is 14.6 Å². The molecule has 0 fully saturated rings. The summed E-state index contributed by atoms with van der Waals surface area (Å²) in [6.07, 6.45) is 3.15. The van der Waals surface area contributed by atoms with E-state index < -0.39 is 0 Å². The lowest BCUT2D eigenvalue weighted by Crippen LogP contribution is -2.17. The van der Waals surface area contributed by atoms with Crippen LogP contribution in [0.15, 0.2) is 66.3 Å². The topological polar surface area (TPSA) is 70.9 Å². The third kappa shape index (κ3) is 4.49. The summed E-state index contributed by atoms with van der Waals surface area (Å²) in [4.78, 5) is 11.9. The number of amides is 1. The van der Waals surface area contributed by atoms with Gasteiger partial charge in [0.15, 0.2) is 0 Å². The molecule has 0 bridgehead atoms. The number of benzene rings is 2. The first-order chi connectivity index (χ1) is 10.7. The predicted octanol–water partition coefficient (Wildman–Crippen LogP) is 2.72. The number of nitrogens with zero attached hydrogens (tertiary/aromatic N) is 1. The van der Waals surface area contributed by atoms with Crippen LogP contribution >= 0.6 is 0 Å².